The normalized spacial score (nSPS) is 25.1. The standard InChI is InChI=1S/C48H76N8O12/c1-10-11-13-21-37(57)49-34(27-39(59)60)43(62)53-41-30(6)68-48(67)40(29(4)5)52-44(63)35(26-31-18-14-12-15-19-31)55(9)47(66)36(25-28(2)3)56-38(58)23-22-33(46(56)65)51-42(61)32(50-45(41)64)20-16-17-24-54(7)8/h12,14-15,18-19,28-30,32-36,38,40-41,58H,10-11,13,16-17,20-27H2,1-9H3,(H,49,57)(H,50,64)(H,51,61)(H,52,63)(H,53,62)(H,59,60)/t30-,32-,33+,34-,35-,36+,38+,40-,41+/m1/s1. The largest absolute Gasteiger partial charge is 0.481 e. The van der Waals surface area contributed by atoms with Crippen LogP contribution in [-0.2, 0) is 54.3 Å². The number of rotatable bonds is 19. The van der Waals surface area contributed by atoms with Gasteiger partial charge in [-0.15, -0.1) is 0 Å². The molecule has 0 radical (unpaired) electrons. The van der Waals surface area contributed by atoms with Crippen molar-refractivity contribution in [3.63, 3.8) is 0 Å². The summed E-state index contributed by atoms with van der Waals surface area (Å²) in [5, 5.41) is 34.2. The first-order valence-electron chi connectivity index (χ1n) is 23.9. The average Bonchev–Trinajstić information content (AvgIpc) is 3.26. The van der Waals surface area contributed by atoms with Gasteiger partial charge in [-0.1, -0.05) is 77.8 Å². The Kier molecular flexibility index (Phi) is 22.8. The van der Waals surface area contributed by atoms with Crippen molar-refractivity contribution in [3.8, 4) is 0 Å². The fourth-order valence-electron chi connectivity index (χ4n) is 8.30. The van der Waals surface area contributed by atoms with Crippen molar-refractivity contribution in [1.29, 1.82) is 0 Å². The summed E-state index contributed by atoms with van der Waals surface area (Å²) in [5.74, 6) is -8.91. The Hall–Kier alpha value is -5.63. The van der Waals surface area contributed by atoms with Crippen LogP contribution in [0.25, 0.3) is 0 Å². The van der Waals surface area contributed by atoms with Crippen molar-refractivity contribution in [3.05, 3.63) is 35.9 Å². The molecule has 0 spiro atoms. The van der Waals surface area contributed by atoms with Gasteiger partial charge < -0.3 is 56.2 Å². The molecule has 2 aliphatic heterocycles. The number of nitrogens with zero attached hydrogens (tertiary/aromatic N) is 3. The molecule has 2 aliphatic rings. The van der Waals surface area contributed by atoms with Crippen molar-refractivity contribution in [2.75, 3.05) is 27.7 Å². The third kappa shape index (κ3) is 17.2. The SMILES string of the molecule is CCCCCC(=O)N[C@H](CC(=O)O)C(=O)N[C@@H]1C(=O)N[C@H](CCCCN(C)C)C(=O)N[C@H]2CC[C@H](O)N(C2=O)[C@@H](CC(C)C)C(=O)N(C)[C@H](Cc2ccccc2)C(=O)N[C@H](C(C)C)C(=O)O[C@@H]1C. The van der Waals surface area contributed by atoms with Gasteiger partial charge in [0.1, 0.15) is 54.6 Å². The van der Waals surface area contributed by atoms with Crippen LogP contribution < -0.4 is 26.6 Å². The number of cyclic esters (lactones) is 1. The number of unbranched alkanes of at least 4 members (excludes halogenated alkanes) is 3. The second-order valence-electron chi connectivity index (χ2n) is 19.1. The molecule has 2 saturated heterocycles. The first kappa shape index (κ1) is 56.7. The Morgan fingerprint density at radius 1 is 0.868 bits per heavy atom. The average molecular weight is 957 g/mol. The molecule has 7 N–H and O–H groups in total. The van der Waals surface area contributed by atoms with Crippen LogP contribution in [0.15, 0.2) is 30.3 Å². The van der Waals surface area contributed by atoms with E-state index < -0.39 is 120 Å². The van der Waals surface area contributed by atoms with Gasteiger partial charge in [0.15, 0.2) is 0 Å². The fourth-order valence-corrected chi connectivity index (χ4v) is 8.30. The summed E-state index contributed by atoms with van der Waals surface area (Å²) in [4.78, 5) is 130. The predicted molar refractivity (Wildman–Crippen MR) is 251 cm³/mol. The molecule has 0 aliphatic carbocycles. The minimum atomic E-state index is -1.80. The zero-order chi connectivity index (χ0) is 50.8. The lowest BCUT2D eigenvalue weighted by Gasteiger charge is -2.43. The summed E-state index contributed by atoms with van der Waals surface area (Å²) >= 11 is 0. The highest BCUT2D eigenvalue weighted by Gasteiger charge is 2.46. The first-order chi connectivity index (χ1) is 32.0. The van der Waals surface area contributed by atoms with Gasteiger partial charge in [0, 0.05) is 19.9 Å². The number of aliphatic hydroxyl groups excluding tert-OH is 1. The molecule has 2 bridgehead atoms. The molecule has 3 rings (SSSR count). The molecule has 20 heteroatoms. The number of amides is 7. The molecule has 9 atom stereocenters. The number of piperidine rings is 1. The lowest BCUT2D eigenvalue weighted by atomic mass is 9.94. The van der Waals surface area contributed by atoms with E-state index in [1.54, 1.807) is 44.2 Å². The van der Waals surface area contributed by atoms with E-state index in [4.69, 9.17) is 4.74 Å². The zero-order valence-electron chi connectivity index (χ0n) is 41.2. The maximum Gasteiger partial charge on any atom is 0.329 e. The molecular weight excluding hydrogens is 881 g/mol. The van der Waals surface area contributed by atoms with Crippen LogP contribution in [0, 0.1) is 11.8 Å². The monoisotopic (exact) mass is 957 g/mol. The second-order valence-corrected chi connectivity index (χ2v) is 19.1. The molecule has 1 aromatic rings. The molecule has 68 heavy (non-hydrogen) atoms. The molecule has 2 heterocycles. The molecule has 2 fully saturated rings. The van der Waals surface area contributed by atoms with Gasteiger partial charge >= 0.3 is 11.9 Å². The number of likely N-dealkylation sites (N-methyl/N-ethyl adjacent to an activating group) is 1. The summed E-state index contributed by atoms with van der Waals surface area (Å²) in [6.45, 7) is 10.8. The van der Waals surface area contributed by atoms with Crippen LogP contribution in [-0.4, -0.2) is 161 Å². The Balaban J connectivity index is 2.22. The third-order valence-corrected chi connectivity index (χ3v) is 12.2. The van der Waals surface area contributed by atoms with Crippen molar-refractivity contribution in [2.45, 2.75) is 173 Å². The second kappa shape index (κ2) is 27.4. The van der Waals surface area contributed by atoms with Gasteiger partial charge in [-0.2, -0.15) is 0 Å². The summed E-state index contributed by atoms with van der Waals surface area (Å²) in [7, 11) is 5.15. The predicted octanol–water partition coefficient (Wildman–Crippen LogP) is 1.22. The number of esters is 1. The van der Waals surface area contributed by atoms with E-state index >= 15 is 0 Å². The van der Waals surface area contributed by atoms with Gasteiger partial charge in [0.25, 0.3) is 0 Å². The van der Waals surface area contributed by atoms with E-state index in [1.165, 1.54) is 18.9 Å². The van der Waals surface area contributed by atoms with E-state index in [0.717, 1.165) is 11.3 Å². The highest BCUT2D eigenvalue weighted by atomic mass is 16.5. The number of carbonyl (C=O) groups excluding carboxylic acids is 8. The number of nitrogens with one attached hydrogen (secondary N) is 5. The quantitative estimate of drug-likeness (QED) is 0.0761. The van der Waals surface area contributed by atoms with Gasteiger partial charge in [0.05, 0.1) is 6.42 Å². The number of benzene rings is 1. The minimum Gasteiger partial charge on any atom is -0.481 e. The molecule has 0 saturated carbocycles. The van der Waals surface area contributed by atoms with Crippen LogP contribution in [0.3, 0.4) is 0 Å². The fraction of sp³-hybridized carbons (Fsp3) is 0.688. The van der Waals surface area contributed by atoms with Crippen molar-refractivity contribution >= 4 is 53.3 Å². The van der Waals surface area contributed by atoms with Crippen LogP contribution in [0.2, 0.25) is 0 Å². The number of hydrogen-bond donors (Lipinski definition) is 7. The number of carboxylic acid groups (broad SMARTS) is 1. The van der Waals surface area contributed by atoms with Crippen molar-refractivity contribution < 1.29 is 58.1 Å². The zero-order valence-corrected chi connectivity index (χ0v) is 41.2. The van der Waals surface area contributed by atoms with Crippen molar-refractivity contribution in [1.82, 2.24) is 41.3 Å². The van der Waals surface area contributed by atoms with Gasteiger partial charge in [-0.3, -0.25) is 38.4 Å². The smallest absolute Gasteiger partial charge is 0.329 e. The summed E-state index contributed by atoms with van der Waals surface area (Å²) in [5.41, 5.74) is 0.666. The van der Waals surface area contributed by atoms with Crippen LogP contribution in [0.4, 0.5) is 0 Å². The van der Waals surface area contributed by atoms with Crippen LogP contribution >= 0.6 is 0 Å². The molecule has 0 aromatic heterocycles. The summed E-state index contributed by atoms with van der Waals surface area (Å²) in [6.07, 6.45) is -0.734. The highest BCUT2D eigenvalue weighted by Crippen LogP contribution is 2.26. The molecule has 1 aromatic carbocycles. The number of carboxylic acids is 1. The maximum atomic E-state index is 14.8. The lowest BCUT2D eigenvalue weighted by Crippen LogP contribution is -2.65. The van der Waals surface area contributed by atoms with Gasteiger partial charge in [-0.25, -0.2) is 4.79 Å². The Morgan fingerprint density at radius 2 is 1.54 bits per heavy atom. The van der Waals surface area contributed by atoms with E-state index in [1.807, 2.05) is 39.8 Å². The minimum absolute atomic E-state index is 0.0108. The number of aliphatic hydroxyl groups is 1. The van der Waals surface area contributed by atoms with Crippen LogP contribution in [0.5, 0.6) is 0 Å². The molecule has 0 unspecified atom stereocenters. The number of carbonyl (C=O) groups is 9. The van der Waals surface area contributed by atoms with E-state index in [9.17, 15) is 53.4 Å². The Morgan fingerprint density at radius 3 is 2.15 bits per heavy atom. The summed E-state index contributed by atoms with van der Waals surface area (Å²) in [6, 6.07) is -1.13. The van der Waals surface area contributed by atoms with E-state index in [2.05, 4.69) is 26.6 Å². The number of hydrogen-bond acceptors (Lipinski definition) is 12. The third-order valence-electron chi connectivity index (χ3n) is 12.2. The molecule has 20 nitrogen and oxygen atoms in total. The molecule has 380 valence electrons. The first-order valence-corrected chi connectivity index (χ1v) is 23.9. The van der Waals surface area contributed by atoms with E-state index in [-0.39, 0.29) is 44.4 Å². The number of aliphatic carboxylic acids is 1. The molecular formula is C48H76N8O12. The maximum absolute atomic E-state index is 14.8. The summed E-state index contributed by atoms with van der Waals surface area (Å²) < 4.78 is 5.86. The van der Waals surface area contributed by atoms with Crippen molar-refractivity contribution in [2.24, 2.45) is 11.8 Å². The number of ether oxygens (including phenoxy) is 1. The van der Waals surface area contributed by atoms with Crippen LogP contribution in [0.1, 0.15) is 118 Å². The Labute approximate surface area is 400 Å². The van der Waals surface area contributed by atoms with Gasteiger partial charge in [0.2, 0.25) is 41.4 Å². The highest BCUT2D eigenvalue weighted by molar-refractivity contribution is 5.98. The topological polar surface area (TPSA) is 273 Å². The Bertz CT molecular complexity index is 1900. The lowest BCUT2D eigenvalue weighted by molar-refractivity contribution is -0.166. The van der Waals surface area contributed by atoms with Gasteiger partial charge in [-0.05, 0) is 89.9 Å². The number of fused-ring (bicyclic) bond motifs is 2. The molecule has 7 amide bonds. The van der Waals surface area contributed by atoms with E-state index in [0.29, 0.717) is 37.8 Å².